The molecule has 7 nitrogen and oxygen atoms in total. The summed E-state index contributed by atoms with van der Waals surface area (Å²) in [6, 6.07) is 2.30. The third-order valence-electron chi connectivity index (χ3n) is 3.10. The van der Waals surface area contributed by atoms with Crippen molar-refractivity contribution >= 4 is 11.9 Å². The van der Waals surface area contributed by atoms with Gasteiger partial charge in [0.1, 0.15) is 5.56 Å². The predicted molar refractivity (Wildman–Crippen MR) is 68.8 cm³/mol. The number of hydrogen-bond acceptors (Lipinski definition) is 5. The lowest BCUT2D eigenvalue weighted by molar-refractivity contribution is -0.147. The first-order valence-electron chi connectivity index (χ1n) is 6.17. The number of amides is 1. The van der Waals surface area contributed by atoms with E-state index < -0.39 is 17.9 Å². The molecular formula is C13H16N2O5. The third-order valence-corrected chi connectivity index (χ3v) is 3.10. The highest BCUT2D eigenvalue weighted by molar-refractivity contribution is 5.98. The van der Waals surface area contributed by atoms with Crippen molar-refractivity contribution in [3.05, 3.63) is 23.4 Å². The van der Waals surface area contributed by atoms with E-state index in [0.29, 0.717) is 6.61 Å². The fourth-order valence-corrected chi connectivity index (χ4v) is 2.06. The summed E-state index contributed by atoms with van der Waals surface area (Å²) >= 11 is 0. The average Bonchev–Trinajstić information content (AvgIpc) is 2.46. The monoisotopic (exact) mass is 280 g/mol. The standard InChI is InChI=1S/C13H16N2O5/c1-8-3-4-9(11(14-8)19-2)12(16)15-5-6-20-7-10(15)13(17)18/h3-4,10H,5-7H2,1-2H3,(H,17,18). The van der Waals surface area contributed by atoms with Gasteiger partial charge < -0.3 is 19.5 Å². The molecule has 2 rings (SSSR count). The molecular weight excluding hydrogens is 264 g/mol. The number of pyridine rings is 1. The van der Waals surface area contributed by atoms with Crippen LogP contribution < -0.4 is 4.74 Å². The smallest absolute Gasteiger partial charge is 0.328 e. The number of rotatable bonds is 3. The van der Waals surface area contributed by atoms with Gasteiger partial charge >= 0.3 is 5.97 Å². The van der Waals surface area contributed by atoms with Gasteiger partial charge in [-0.2, -0.15) is 0 Å². The highest BCUT2D eigenvalue weighted by Crippen LogP contribution is 2.20. The minimum absolute atomic E-state index is 0.0112. The van der Waals surface area contributed by atoms with Gasteiger partial charge in [-0.15, -0.1) is 0 Å². The minimum Gasteiger partial charge on any atom is -0.480 e. The van der Waals surface area contributed by atoms with Crippen LogP contribution in [0.5, 0.6) is 5.88 Å². The number of aliphatic carboxylic acids is 1. The molecule has 1 amide bonds. The SMILES string of the molecule is COc1nc(C)ccc1C(=O)N1CCOCC1C(=O)O. The molecule has 20 heavy (non-hydrogen) atoms. The zero-order valence-electron chi connectivity index (χ0n) is 11.3. The summed E-state index contributed by atoms with van der Waals surface area (Å²) in [6.45, 7) is 2.32. The van der Waals surface area contributed by atoms with Crippen LogP contribution in [0.2, 0.25) is 0 Å². The number of carbonyl (C=O) groups is 2. The summed E-state index contributed by atoms with van der Waals surface area (Å²) in [5.74, 6) is -1.30. The van der Waals surface area contributed by atoms with Crippen LogP contribution in [-0.4, -0.2) is 59.8 Å². The zero-order valence-corrected chi connectivity index (χ0v) is 11.3. The first-order valence-corrected chi connectivity index (χ1v) is 6.17. The quantitative estimate of drug-likeness (QED) is 0.858. The molecule has 1 atom stereocenters. The molecule has 1 fully saturated rings. The van der Waals surface area contributed by atoms with Gasteiger partial charge in [0, 0.05) is 12.2 Å². The van der Waals surface area contributed by atoms with Crippen molar-refractivity contribution in [2.45, 2.75) is 13.0 Å². The highest BCUT2D eigenvalue weighted by Gasteiger charge is 2.34. The van der Waals surface area contributed by atoms with Crippen molar-refractivity contribution in [2.75, 3.05) is 26.9 Å². The molecule has 1 aromatic rings. The second-order valence-electron chi connectivity index (χ2n) is 4.44. The first kappa shape index (κ1) is 14.3. The second kappa shape index (κ2) is 5.87. The summed E-state index contributed by atoms with van der Waals surface area (Å²) in [7, 11) is 1.42. The molecule has 1 saturated heterocycles. The molecule has 1 aliphatic rings. The largest absolute Gasteiger partial charge is 0.480 e. The lowest BCUT2D eigenvalue weighted by atomic mass is 10.1. The van der Waals surface area contributed by atoms with Gasteiger partial charge in [-0.1, -0.05) is 0 Å². The molecule has 0 spiro atoms. The Kier molecular flexibility index (Phi) is 4.19. The number of ether oxygens (including phenoxy) is 2. The van der Waals surface area contributed by atoms with Crippen molar-refractivity contribution in [3.63, 3.8) is 0 Å². The van der Waals surface area contributed by atoms with Crippen molar-refractivity contribution in [2.24, 2.45) is 0 Å². The zero-order chi connectivity index (χ0) is 14.7. The van der Waals surface area contributed by atoms with Crippen molar-refractivity contribution < 1.29 is 24.2 Å². The van der Waals surface area contributed by atoms with Gasteiger partial charge in [0.05, 0.1) is 20.3 Å². The Labute approximate surface area is 116 Å². The number of morpholine rings is 1. The van der Waals surface area contributed by atoms with Crippen LogP contribution in [0.1, 0.15) is 16.1 Å². The molecule has 0 aliphatic carbocycles. The van der Waals surface area contributed by atoms with Gasteiger partial charge in [0.15, 0.2) is 6.04 Å². The Balaban J connectivity index is 2.32. The molecule has 1 aromatic heterocycles. The highest BCUT2D eigenvalue weighted by atomic mass is 16.5. The molecule has 1 aliphatic heterocycles. The maximum absolute atomic E-state index is 12.5. The Morgan fingerprint density at radius 1 is 1.50 bits per heavy atom. The molecule has 1 unspecified atom stereocenters. The van der Waals surface area contributed by atoms with E-state index in [9.17, 15) is 9.59 Å². The van der Waals surface area contributed by atoms with Crippen LogP contribution in [0.25, 0.3) is 0 Å². The normalized spacial score (nSPS) is 18.7. The fraction of sp³-hybridized carbons (Fsp3) is 0.462. The molecule has 108 valence electrons. The molecule has 2 heterocycles. The number of aromatic nitrogens is 1. The number of carbonyl (C=O) groups excluding carboxylic acids is 1. The van der Waals surface area contributed by atoms with E-state index in [0.717, 1.165) is 5.69 Å². The van der Waals surface area contributed by atoms with Gasteiger partial charge in [0.2, 0.25) is 5.88 Å². The van der Waals surface area contributed by atoms with Crippen LogP contribution in [0.15, 0.2) is 12.1 Å². The molecule has 1 N–H and O–H groups in total. The van der Waals surface area contributed by atoms with Crippen molar-refractivity contribution in [1.29, 1.82) is 0 Å². The predicted octanol–water partition coefficient (Wildman–Crippen LogP) is 0.324. The number of carboxylic acids is 1. The summed E-state index contributed by atoms with van der Waals surface area (Å²) in [5, 5.41) is 9.15. The molecule has 7 heteroatoms. The molecule has 0 bridgehead atoms. The van der Waals surface area contributed by atoms with Crippen molar-refractivity contribution in [1.82, 2.24) is 9.88 Å². The number of nitrogens with zero attached hydrogens (tertiary/aromatic N) is 2. The van der Waals surface area contributed by atoms with Crippen LogP contribution in [0.4, 0.5) is 0 Å². The van der Waals surface area contributed by atoms with Crippen LogP contribution >= 0.6 is 0 Å². The molecule has 0 aromatic carbocycles. The van der Waals surface area contributed by atoms with Crippen LogP contribution in [0.3, 0.4) is 0 Å². The topological polar surface area (TPSA) is 89.0 Å². The number of methoxy groups -OCH3 is 1. The van der Waals surface area contributed by atoms with Crippen LogP contribution in [-0.2, 0) is 9.53 Å². The maximum Gasteiger partial charge on any atom is 0.328 e. The third kappa shape index (κ3) is 2.72. The minimum atomic E-state index is -1.09. The lowest BCUT2D eigenvalue weighted by Crippen LogP contribution is -2.52. The Bertz CT molecular complexity index is 531. The average molecular weight is 280 g/mol. The van der Waals surface area contributed by atoms with E-state index >= 15 is 0 Å². The summed E-state index contributed by atoms with van der Waals surface area (Å²) in [5.41, 5.74) is 0.974. The summed E-state index contributed by atoms with van der Waals surface area (Å²) < 4.78 is 10.2. The lowest BCUT2D eigenvalue weighted by Gasteiger charge is -2.33. The van der Waals surface area contributed by atoms with E-state index in [4.69, 9.17) is 14.6 Å². The first-order chi connectivity index (χ1) is 9.54. The Morgan fingerprint density at radius 3 is 2.90 bits per heavy atom. The maximum atomic E-state index is 12.5. The second-order valence-corrected chi connectivity index (χ2v) is 4.44. The van der Waals surface area contributed by atoms with Gasteiger partial charge in [-0.05, 0) is 19.1 Å². The van der Waals surface area contributed by atoms with Gasteiger partial charge in [0.25, 0.3) is 5.91 Å². The van der Waals surface area contributed by atoms with E-state index in [1.807, 2.05) is 0 Å². The molecule has 0 radical (unpaired) electrons. The van der Waals surface area contributed by atoms with Crippen LogP contribution in [0, 0.1) is 6.92 Å². The number of hydrogen-bond donors (Lipinski definition) is 1. The summed E-state index contributed by atoms with van der Waals surface area (Å²) in [6.07, 6.45) is 0. The van der Waals surface area contributed by atoms with E-state index in [2.05, 4.69) is 4.98 Å². The van der Waals surface area contributed by atoms with Gasteiger partial charge in [-0.3, -0.25) is 4.79 Å². The Morgan fingerprint density at radius 2 is 2.25 bits per heavy atom. The summed E-state index contributed by atoms with van der Waals surface area (Å²) in [4.78, 5) is 29.1. The fourth-order valence-electron chi connectivity index (χ4n) is 2.06. The van der Waals surface area contributed by atoms with Gasteiger partial charge in [-0.25, -0.2) is 9.78 Å². The van der Waals surface area contributed by atoms with E-state index in [1.165, 1.54) is 12.0 Å². The number of carboxylic acid groups (broad SMARTS) is 1. The Hall–Kier alpha value is -2.15. The van der Waals surface area contributed by atoms with E-state index in [1.54, 1.807) is 19.1 Å². The van der Waals surface area contributed by atoms with Crippen molar-refractivity contribution in [3.8, 4) is 5.88 Å². The molecule has 0 saturated carbocycles. The number of aryl methyl sites for hydroxylation is 1. The van der Waals surface area contributed by atoms with E-state index in [-0.39, 0.29) is 24.6 Å².